The molecule has 0 spiro atoms. The topological polar surface area (TPSA) is 74.8 Å². The molecule has 2 N–H and O–H groups in total. The summed E-state index contributed by atoms with van der Waals surface area (Å²) in [7, 11) is -6.04. The van der Waals surface area contributed by atoms with E-state index in [1.165, 1.54) is 6.07 Å². The van der Waals surface area contributed by atoms with Crippen molar-refractivity contribution in [3.05, 3.63) is 46.8 Å². The fraction of sp³-hybridized carbons (Fsp3) is 0.421. The molecule has 0 amide bonds. The highest BCUT2D eigenvalue weighted by Gasteiger charge is 2.33. The number of H-pyrrole nitrogens is 1. The fourth-order valence-electron chi connectivity index (χ4n) is 3.09. The molecule has 1 aliphatic rings. The number of benzene rings is 1. The van der Waals surface area contributed by atoms with Gasteiger partial charge in [0.15, 0.2) is 0 Å². The second kappa shape index (κ2) is 7.63. The van der Waals surface area contributed by atoms with Gasteiger partial charge in [-0.15, -0.1) is 5.54 Å². The molecule has 0 fully saturated rings. The van der Waals surface area contributed by atoms with Crippen molar-refractivity contribution in [1.29, 1.82) is 0 Å². The summed E-state index contributed by atoms with van der Waals surface area (Å²) in [5.41, 5.74) is 3.55. The molecule has 1 aromatic heterocycles. The molecule has 1 unspecified atom stereocenters. The summed E-state index contributed by atoms with van der Waals surface area (Å²) >= 11 is 0. The van der Waals surface area contributed by atoms with Gasteiger partial charge in [-0.25, -0.2) is 13.1 Å². The van der Waals surface area contributed by atoms with Gasteiger partial charge in [0.1, 0.15) is 8.07 Å². The third kappa shape index (κ3) is 5.29. The summed E-state index contributed by atoms with van der Waals surface area (Å²) < 4.78 is 68.4. The second-order valence-electron chi connectivity index (χ2n) is 8.11. The smallest absolute Gasteiger partial charge is 0.282 e. The van der Waals surface area contributed by atoms with Crippen LogP contribution in [-0.4, -0.2) is 26.7 Å². The fourth-order valence-corrected chi connectivity index (χ4v) is 4.93. The lowest BCUT2D eigenvalue weighted by molar-refractivity contribution is -0.137. The van der Waals surface area contributed by atoms with Crippen LogP contribution in [0, 0.1) is 11.5 Å². The molecule has 29 heavy (non-hydrogen) atoms. The molecular weight excluding hydrogens is 419 g/mol. The zero-order valence-electron chi connectivity index (χ0n) is 16.3. The Morgan fingerprint density at radius 1 is 1.24 bits per heavy atom. The minimum Gasteiger partial charge on any atom is -0.282 e. The van der Waals surface area contributed by atoms with Crippen LogP contribution in [0.1, 0.15) is 41.3 Å². The van der Waals surface area contributed by atoms with E-state index in [1.807, 2.05) is 19.6 Å². The predicted molar refractivity (Wildman–Crippen MR) is 106 cm³/mol. The van der Waals surface area contributed by atoms with E-state index in [4.69, 9.17) is 0 Å². The van der Waals surface area contributed by atoms with Crippen LogP contribution in [0.15, 0.2) is 29.3 Å². The molecule has 1 aliphatic carbocycles. The normalized spacial score (nSPS) is 17.4. The number of fused-ring (bicyclic) bond motifs is 1. The number of nitrogens with one attached hydrogen (secondary N) is 2. The van der Waals surface area contributed by atoms with Gasteiger partial charge in [-0.2, -0.15) is 18.3 Å². The summed E-state index contributed by atoms with van der Waals surface area (Å²) in [6.07, 6.45) is -1.07. The van der Waals surface area contributed by atoms with Crippen molar-refractivity contribution < 1.29 is 21.6 Å². The Morgan fingerprint density at radius 3 is 2.62 bits per heavy atom. The molecule has 1 heterocycles. The van der Waals surface area contributed by atoms with Gasteiger partial charge in [0, 0.05) is 16.8 Å². The van der Waals surface area contributed by atoms with Crippen LogP contribution >= 0.6 is 0 Å². The number of nitrogens with zero attached hydrogens (tertiary/aromatic N) is 1. The molecule has 10 heteroatoms. The standard InChI is InChI=1S/C19H22F3N3O2SSi/c1-29(2,3)8-7-13-9-14(19(20,21)22)11-15(10-13)28(26,27)25-18-6-4-5-17-16(18)12-23-24-17/h9-12,18,25H,4-6H2,1-3H3,(H,23,24). The second-order valence-corrected chi connectivity index (χ2v) is 14.6. The maximum atomic E-state index is 13.4. The minimum atomic E-state index is -4.68. The molecule has 0 saturated heterocycles. The van der Waals surface area contributed by atoms with Gasteiger partial charge >= 0.3 is 6.18 Å². The van der Waals surface area contributed by atoms with E-state index in [1.54, 1.807) is 6.20 Å². The number of aryl methyl sites for hydroxylation is 1. The Hall–Kier alpha value is -2.09. The molecule has 0 bridgehead atoms. The Labute approximate surface area is 169 Å². The van der Waals surface area contributed by atoms with Crippen LogP contribution in [0.3, 0.4) is 0 Å². The summed E-state index contributed by atoms with van der Waals surface area (Å²) in [6.45, 7) is 5.87. The van der Waals surface area contributed by atoms with Crippen LogP contribution in [-0.2, 0) is 22.6 Å². The predicted octanol–water partition coefficient (Wildman–Crippen LogP) is 4.01. The lowest BCUT2D eigenvalue weighted by atomic mass is 9.94. The quantitative estimate of drug-likeness (QED) is 0.558. The van der Waals surface area contributed by atoms with Crippen molar-refractivity contribution in [3.63, 3.8) is 0 Å². The van der Waals surface area contributed by atoms with Gasteiger partial charge in [0.25, 0.3) is 0 Å². The number of alkyl halides is 3. The molecule has 156 valence electrons. The molecule has 3 rings (SSSR count). The number of hydrogen-bond acceptors (Lipinski definition) is 3. The first-order valence-corrected chi connectivity index (χ1v) is 14.1. The van der Waals surface area contributed by atoms with Crippen molar-refractivity contribution in [2.75, 3.05) is 0 Å². The SMILES string of the molecule is C[Si](C)(C)C#Cc1cc(C(F)(F)F)cc(S(=O)(=O)NC2CCCc3[nH]ncc32)c1. The molecule has 0 radical (unpaired) electrons. The highest BCUT2D eigenvalue weighted by Crippen LogP contribution is 2.33. The largest absolute Gasteiger partial charge is 0.416 e. The van der Waals surface area contributed by atoms with Crippen LogP contribution in [0.25, 0.3) is 0 Å². The Kier molecular flexibility index (Phi) is 5.68. The number of aromatic amines is 1. The number of rotatable bonds is 3. The van der Waals surface area contributed by atoms with Crippen LogP contribution in [0.2, 0.25) is 19.6 Å². The minimum absolute atomic E-state index is 0.0373. The van der Waals surface area contributed by atoms with Crippen LogP contribution < -0.4 is 4.72 Å². The van der Waals surface area contributed by atoms with Crippen molar-refractivity contribution in [1.82, 2.24) is 14.9 Å². The summed E-state index contributed by atoms with van der Waals surface area (Å²) in [5.74, 6) is 2.73. The maximum absolute atomic E-state index is 13.4. The van der Waals surface area contributed by atoms with E-state index < -0.39 is 40.8 Å². The van der Waals surface area contributed by atoms with E-state index in [-0.39, 0.29) is 5.56 Å². The van der Waals surface area contributed by atoms with Crippen molar-refractivity contribution >= 4 is 18.1 Å². The summed E-state index contributed by atoms with van der Waals surface area (Å²) in [6, 6.07) is 2.21. The van der Waals surface area contributed by atoms with Crippen molar-refractivity contribution in [2.24, 2.45) is 0 Å². The average molecular weight is 442 g/mol. The van der Waals surface area contributed by atoms with Crippen molar-refractivity contribution in [3.8, 4) is 11.5 Å². The molecule has 2 aromatic rings. The molecule has 1 atom stereocenters. The summed E-state index contributed by atoms with van der Waals surface area (Å²) in [5, 5.41) is 6.78. The van der Waals surface area contributed by atoms with E-state index in [2.05, 4.69) is 26.4 Å². The highest BCUT2D eigenvalue weighted by atomic mass is 32.2. The van der Waals surface area contributed by atoms with Gasteiger partial charge in [-0.1, -0.05) is 25.6 Å². The van der Waals surface area contributed by atoms with E-state index in [9.17, 15) is 21.6 Å². The van der Waals surface area contributed by atoms with E-state index >= 15 is 0 Å². The Bertz CT molecular complexity index is 1080. The molecular formula is C19H22F3N3O2SSi. The first-order chi connectivity index (χ1) is 13.4. The van der Waals surface area contributed by atoms with Gasteiger partial charge in [0.2, 0.25) is 10.0 Å². The third-order valence-corrected chi connectivity index (χ3v) is 6.80. The third-order valence-electron chi connectivity index (χ3n) is 4.47. The molecule has 1 aromatic carbocycles. The zero-order chi connectivity index (χ0) is 21.4. The number of sulfonamides is 1. The van der Waals surface area contributed by atoms with Crippen LogP contribution in [0.5, 0.6) is 0 Å². The van der Waals surface area contributed by atoms with Gasteiger partial charge in [0.05, 0.1) is 22.7 Å². The van der Waals surface area contributed by atoms with E-state index in [0.717, 1.165) is 30.2 Å². The van der Waals surface area contributed by atoms with Gasteiger partial charge < -0.3 is 0 Å². The molecule has 5 nitrogen and oxygen atoms in total. The zero-order valence-corrected chi connectivity index (χ0v) is 18.1. The highest BCUT2D eigenvalue weighted by molar-refractivity contribution is 7.89. The van der Waals surface area contributed by atoms with Gasteiger partial charge in [-0.05, 0) is 37.5 Å². The van der Waals surface area contributed by atoms with Crippen LogP contribution in [0.4, 0.5) is 13.2 Å². The van der Waals surface area contributed by atoms with Crippen molar-refractivity contribution in [2.45, 2.75) is 56.0 Å². The Balaban J connectivity index is 2.01. The lowest BCUT2D eigenvalue weighted by Gasteiger charge is -2.23. The average Bonchev–Trinajstić information content (AvgIpc) is 3.08. The maximum Gasteiger partial charge on any atom is 0.416 e. The number of hydrogen-bond donors (Lipinski definition) is 2. The monoisotopic (exact) mass is 441 g/mol. The first-order valence-electron chi connectivity index (χ1n) is 9.15. The number of halogens is 3. The number of aromatic nitrogens is 2. The Morgan fingerprint density at radius 2 is 1.97 bits per heavy atom. The first kappa shape index (κ1) is 21.6. The lowest BCUT2D eigenvalue weighted by Crippen LogP contribution is -2.31. The van der Waals surface area contributed by atoms with E-state index in [0.29, 0.717) is 12.5 Å². The van der Waals surface area contributed by atoms with Gasteiger partial charge in [-0.3, -0.25) is 5.10 Å². The molecule has 0 saturated carbocycles. The summed E-state index contributed by atoms with van der Waals surface area (Å²) in [4.78, 5) is -0.442. The molecule has 0 aliphatic heterocycles.